The highest BCUT2D eigenvalue weighted by atomic mass is 35.5. The van der Waals surface area contributed by atoms with Crippen molar-refractivity contribution in [3.05, 3.63) is 46.9 Å². The number of pyridine rings is 2. The summed E-state index contributed by atoms with van der Waals surface area (Å²) >= 11 is 6.00. The summed E-state index contributed by atoms with van der Waals surface area (Å²) < 4.78 is 44.0. The first-order valence-electron chi connectivity index (χ1n) is 8.14. The molecule has 0 saturated carbocycles. The van der Waals surface area contributed by atoms with Crippen molar-refractivity contribution in [1.82, 2.24) is 9.97 Å². The van der Waals surface area contributed by atoms with Gasteiger partial charge in [-0.05, 0) is 12.1 Å². The molecule has 3 rings (SSSR count). The van der Waals surface area contributed by atoms with E-state index in [4.69, 9.17) is 22.1 Å². The number of nitrogens with zero attached hydrogens (tertiary/aromatic N) is 3. The molecule has 2 aromatic heterocycles. The summed E-state index contributed by atoms with van der Waals surface area (Å²) in [4.78, 5) is 20.7. The van der Waals surface area contributed by atoms with Crippen LogP contribution in [-0.2, 0) is 6.18 Å². The smallest absolute Gasteiger partial charge is 0.417 e. The number of ether oxygens (including phenoxy) is 1. The summed E-state index contributed by atoms with van der Waals surface area (Å²) in [7, 11) is 0. The fourth-order valence-electron chi connectivity index (χ4n) is 2.82. The van der Waals surface area contributed by atoms with E-state index in [1.54, 1.807) is 6.07 Å². The van der Waals surface area contributed by atoms with E-state index in [0.29, 0.717) is 37.5 Å². The van der Waals surface area contributed by atoms with Crippen molar-refractivity contribution in [2.75, 3.05) is 18.0 Å². The molecule has 1 fully saturated rings. The van der Waals surface area contributed by atoms with E-state index in [0.717, 1.165) is 12.3 Å². The first-order chi connectivity index (χ1) is 12.7. The number of nitrogens with two attached hydrogens (primary N) is 1. The second-order valence-electron chi connectivity index (χ2n) is 6.07. The lowest BCUT2D eigenvalue weighted by molar-refractivity contribution is -0.137. The molecule has 3 heterocycles. The van der Waals surface area contributed by atoms with E-state index < -0.39 is 17.6 Å². The number of anilines is 1. The number of hydrogen-bond donors (Lipinski definition) is 1. The van der Waals surface area contributed by atoms with Crippen LogP contribution in [0.5, 0.6) is 5.75 Å². The van der Waals surface area contributed by atoms with Crippen LogP contribution in [0.2, 0.25) is 5.02 Å². The Balaban J connectivity index is 1.62. The third-order valence-electron chi connectivity index (χ3n) is 4.18. The van der Waals surface area contributed by atoms with Gasteiger partial charge in [-0.1, -0.05) is 11.6 Å². The lowest BCUT2D eigenvalue weighted by Crippen LogP contribution is -2.39. The monoisotopic (exact) mass is 400 g/mol. The predicted octanol–water partition coefficient (Wildman–Crippen LogP) is 3.30. The van der Waals surface area contributed by atoms with Crippen LogP contribution in [0.15, 0.2) is 30.6 Å². The number of hydrogen-bond acceptors (Lipinski definition) is 5. The molecule has 0 unspecified atom stereocenters. The minimum Gasteiger partial charge on any atom is -0.490 e. The number of primary amides is 1. The van der Waals surface area contributed by atoms with Gasteiger partial charge < -0.3 is 15.4 Å². The summed E-state index contributed by atoms with van der Waals surface area (Å²) in [5.41, 5.74) is 4.44. The summed E-state index contributed by atoms with van der Waals surface area (Å²) in [5.74, 6) is 0.171. The van der Waals surface area contributed by atoms with Crippen molar-refractivity contribution in [1.29, 1.82) is 0 Å². The Bertz CT molecular complexity index is 839. The molecule has 0 atom stereocenters. The predicted molar refractivity (Wildman–Crippen MR) is 92.9 cm³/mol. The van der Waals surface area contributed by atoms with Gasteiger partial charge >= 0.3 is 6.18 Å². The number of carbonyl (C=O) groups is 1. The molecule has 0 aliphatic carbocycles. The van der Waals surface area contributed by atoms with Crippen LogP contribution in [0, 0.1) is 0 Å². The second kappa shape index (κ2) is 7.59. The molecule has 0 aromatic carbocycles. The van der Waals surface area contributed by atoms with Crippen molar-refractivity contribution in [2.45, 2.75) is 25.1 Å². The molecule has 144 valence electrons. The molecular formula is C17H16ClF3N4O2. The van der Waals surface area contributed by atoms with Crippen molar-refractivity contribution in [3.8, 4) is 5.75 Å². The summed E-state index contributed by atoms with van der Waals surface area (Å²) in [6.45, 7) is 1.05. The zero-order chi connectivity index (χ0) is 19.6. The Hall–Kier alpha value is -2.55. The molecule has 2 aromatic rings. The standard InChI is InChI=1S/C17H16ClF3N4O2/c18-13-7-10(17(19,20)21)9-24-16(13)25-5-2-11(3-6-25)27-12-1-4-23-14(8-12)15(22)26/h1,4,7-9,11H,2-3,5-6H2,(H2,22,26). The Kier molecular flexibility index (Phi) is 5.41. The Morgan fingerprint density at radius 1 is 1.26 bits per heavy atom. The van der Waals surface area contributed by atoms with Gasteiger partial charge in [-0.15, -0.1) is 0 Å². The van der Waals surface area contributed by atoms with Crippen molar-refractivity contribution < 1.29 is 22.7 Å². The Morgan fingerprint density at radius 3 is 2.56 bits per heavy atom. The molecule has 1 amide bonds. The summed E-state index contributed by atoms with van der Waals surface area (Å²) in [6.07, 6.45) is -1.13. The zero-order valence-electron chi connectivity index (χ0n) is 14.0. The topological polar surface area (TPSA) is 81.3 Å². The summed E-state index contributed by atoms with van der Waals surface area (Å²) in [5, 5.41) is -0.0376. The van der Waals surface area contributed by atoms with Gasteiger partial charge in [0.2, 0.25) is 0 Å². The van der Waals surface area contributed by atoms with Crippen LogP contribution in [-0.4, -0.2) is 35.1 Å². The molecule has 1 aliphatic heterocycles. The van der Waals surface area contributed by atoms with Gasteiger partial charge in [0.1, 0.15) is 23.4 Å². The van der Waals surface area contributed by atoms with Crippen LogP contribution in [0.25, 0.3) is 0 Å². The number of amides is 1. The average molecular weight is 401 g/mol. The maximum Gasteiger partial charge on any atom is 0.417 e. The molecular weight excluding hydrogens is 385 g/mol. The van der Waals surface area contributed by atoms with Crippen LogP contribution in [0.1, 0.15) is 28.9 Å². The highest BCUT2D eigenvalue weighted by Crippen LogP contribution is 2.34. The first kappa shape index (κ1) is 19.2. The first-order valence-corrected chi connectivity index (χ1v) is 8.52. The van der Waals surface area contributed by atoms with Crippen LogP contribution >= 0.6 is 11.6 Å². The van der Waals surface area contributed by atoms with E-state index in [9.17, 15) is 18.0 Å². The van der Waals surface area contributed by atoms with Gasteiger partial charge in [0.25, 0.3) is 5.91 Å². The van der Waals surface area contributed by atoms with Crippen LogP contribution < -0.4 is 15.4 Å². The van der Waals surface area contributed by atoms with E-state index in [1.165, 1.54) is 12.3 Å². The lowest BCUT2D eigenvalue weighted by Gasteiger charge is -2.33. The Labute approximate surface area is 158 Å². The zero-order valence-corrected chi connectivity index (χ0v) is 14.8. The molecule has 1 saturated heterocycles. The molecule has 2 N–H and O–H groups in total. The van der Waals surface area contributed by atoms with Gasteiger partial charge in [0.15, 0.2) is 0 Å². The normalized spacial score (nSPS) is 15.6. The highest BCUT2D eigenvalue weighted by Gasteiger charge is 2.32. The number of alkyl halides is 3. The van der Waals surface area contributed by atoms with Crippen LogP contribution in [0.3, 0.4) is 0 Å². The largest absolute Gasteiger partial charge is 0.490 e. The quantitative estimate of drug-likeness (QED) is 0.851. The maximum atomic E-state index is 12.7. The van der Waals surface area contributed by atoms with Gasteiger partial charge in [0.05, 0.1) is 10.6 Å². The fourth-order valence-corrected chi connectivity index (χ4v) is 3.10. The molecule has 10 heteroatoms. The Morgan fingerprint density at radius 2 is 1.96 bits per heavy atom. The van der Waals surface area contributed by atoms with Crippen molar-refractivity contribution in [3.63, 3.8) is 0 Å². The summed E-state index contributed by atoms with van der Waals surface area (Å²) in [6, 6.07) is 3.99. The molecule has 6 nitrogen and oxygen atoms in total. The molecule has 27 heavy (non-hydrogen) atoms. The van der Waals surface area contributed by atoms with Gasteiger partial charge in [0, 0.05) is 44.4 Å². The number of carbonyl (C=O) groups excluding carboxylic acids is 1. The van der Waals surface area contributed by atoms with Gasteiger partial charge in [-0.25, -0.2) is 4.98 Å². The third-order valence-corrected chi connectivity index (χ3v) is 4.46. The molecule has 0 bridgehead atoms. The minimum absolute atomic E-state index is 0.0376. The average Bonchev–Trinajstić information content (AvgIpc) is 2.62. The molecule has 0 spiro atoms. The number of aromatic nitrogens is 2. The number of rotatable bonds is 4. The maximum absolute atomic E-state index is 12.7. The van der Waals surface area contributed by atoms with Crippen molar-refractivity contribution in [2.24, 2.45) is 5.73 Å². The SMILES string of the molecule is NC(=O)c1cc(OC2CCN(c3ncc(C(F)(F)F)cc3Cl)CC2)ccn1. The fraction of sp³-hybridized carbons (Fsp3) is 0.353. The third kappa shape index (κ3) is 4.60. The van der Waals surface area contributed by atoms with E-state index >= 15 is 0 Å². The molecule has 0 radical (unpaired) electrons. The number of halogens is 4. The van der Waals surface area contributed by atoms with E-state index in [-0.39, 0.29) is 16.8 Å². The second-order valence-corrected chi connectivity index (χ2v) is 6.48. The van der Waals surface area contributed by atoms with E-state index in [1.807, 2.05) is 4.90 Å². The minimum atomic E-state index is -4.48. The number of piperidine rings is 1. The highest BCUT2D eigenvalue weighted by molar-refractivity contribution is 6.33. The van der Waals surface area contributed by atoms with Crippen LogP contribution in [0.4, 0.5) is 19.0 Å². The lowest BCUT2D eigenvalue weighted by atomic mass is 10.1. The van der Waals surface area contributed by atoms with Crippen molar-refractivity contribution >= 4 is 23.3 Å². The van der Waals surface area contributed by atoms with Gasteiger partial charge in [-0.3, -0.25) is 9.78 Å². The van der Waals surface area contributed by atoms with E-state index in [2.05, 4.69) is 9.97 Å². The molecule has 1 aliphatic rings. The van der Waals surface area contributed by atoms with Gasteiger partial charge in [-0.2, -0.15) is 13.2 Å².